The topological polar surface area (TPSA) is 105 Å². The highest BCUT2D eigenvalue weighted by molar-refractivity contribution is 7.71. The van der Waals surface area contributed by atoms with Gasteiger partial charge in [-0.1, -0.05) is 12.1 Å². The maximum absolute atomic E-state index is 13.6. The van der Waals surface area contributed by atoms with E-state index in [1.54, 1.807) is 23.1 Å². The maximum atomic E-state index is 13.6. The number of benzene rings is 1. The Morgan fingerprint density at radius 1 is 1.36 bits per heavy atom. The van der Waals surface area contributed by atoms with Crippen molar-refractivity contribution in [2.45, 2.75) is 12.8 Å². The Morgan fingerprint density at radius 2 is 2.14 bits per heavy atom. The summed E-state index contributed by atoms with van der Waals surface area (Å²) in [6.45, 7) is 0.410. The van der Waals surface area contributed by atoms with Gasteiger partial charge in [-0.05, 0) is 24.4 Å². The monoisotopic (exact) mass is 420 g/mol. The molecule has 0 aliphatic carbocycles. The third-order valence-electron chi connectivity index (χ3n) is 3.88. The summed E-state index contributed by atoms with van der Waals surface area (Å²) in [6, 6.07) is 5.69. The summed E-state index contributed by atoms with van der Waals surface area (Å²) in [7, 11) is 1.80. The zero-order valence-electron chi connectivity index (χ0n) is 14.9. The highest BCUT2D eigenvalue weighted by atomic mass is 32.1. The quantitative estimate of drug-likeness (QED) is 0.509. The van der Waals surface area contributed by atoms with Crippen LogP contribution in [-0.4, -0.2) is 38.1 Å². The van der Waals surface area contributed by atoms with Crippen molar-refractivity contribution in [2.75, 3.05) is 11.9 Å². The predicted molar refractivity (Wildman–Crippen MR) is 105 cm³/mol. The number of H-pyrrole nitrogens is 1. The SMILES string of the molecule is Cn1c(CCNC(=O)Cc2csc(NC(=O)c3ccccc3F)n2)n[nH]c1=S. The van der Waals surface area contributed by atoms with Gasteiger partial charge >= 0.3 is 0 Å². The van der Waals surface area contributed by atoms with Crippen molar-refractivity contribution in [1.29, 1.82) is 0 Å². The van der Waals surface area contributed by atoms with Gasteiger partial charge in [0.25, 0.3) is 5.91 Å². The smallest absolute Gasteiger partial charge is 0.260 e. The number of amides is 2. The van der Waals surface area contributed by atoms with Crippen LogP contribution in [0, 0.1) is 10.6 Å². The fourth-order valence-corrected chi connectivity index (χ4v) is 3.26. The molecule has 0 saturated carbocycles. The molecule has 2 heterocycles. The maximum Gasteiger partial charge on any atom is 0.260 e. The molecule has 1 aromatic carbocycles. The highest BCUT2D eigenvalue weighted by Crippen LogP contribution is 2.17. The first-order valence-corrected chi connectivity index (χ1v) is 9.60. The van der Waals surface area contributed by atoms with Gasteiger partial charge in [0.1, 0.15) is 11.6 Å². The third kappa shape index (κ3) is 4.87. The highest BCUT2D eigenvalue weighted by Gasteiger charge is 2.14. The van der Waals surface area contributed by atoms with Crippen LogP contribution in [0.1, 0.15) is 21.9 Å². The van der Waals surface area contributed by atoms with Crippen molar-refractivity contribution in [2.24, 2.45) is 7.05 Å². The standard InChI is InChI=1S/C17H17FN6O2S2/c1-24-13(22-23-17(24)27)6-7-19-14(25)8-10-9-28-16(20-10)21-15(26)11-4-2-3-5-12(11)18/h2-5,9H,6-8H2,1H3,(H,19,25)(H,23,27)(H,20,21,26). The third-order valence-corrected chi connectivity index (χ3v) is 5.05. The molecule has 0 bridgehead atoms. The molecule has 3 aromatic rings. The van der Waals surface area contributed by atoms with Crippen molar-refractivity contribution in [3.63, 3.8) is 0 Å². The lowest BCUT2D eigenvalue weighted by Gasteiger charge is -2.04. The number of carbonyl (C=O) groups is 2. The van der Waals surface area contributed by atoms with Crippen molar-refractivity contribution in [3.8, 4) is 0 Å². The van der Waals surface area contributed by atoms with Crippen molar-refractivity contribution in [3.05, 3.63) is 57.3 Å². The lowest BCUT2D eigenvalue weighted by atomic mass is 10.2. The Balaban J connectivity index is 1.49. The van der Waals surface area contributed by atoms with Gasteiger partial charge in [0.15, 0.2) is 9.90 Å². The van der Waals surface area contributed by atoms with Gasteiger partial charge in [-0.2, -0.15) is 5.10 Å². The summed E-state index contributed by atoms with van der Waals surface area (Å²) in [5.41, 5.74) is 0.454. The van der Waals surface area contributed by atoms with Crippen molar-refractivity contribution in [1.82, 2.24) is 25.1 Å². The second-order valence-electron chi connectivity index (χ2n) is 5.86. The molecule has 0 aliphatic rings. The molecule has 8 nitrogen and oxygen atoms in total. The van der Waals surface area contributed by atoms with Crippen LogP contribution in [0.4, 0.5) is 9.52 Å². The summed E-state index contributed by atoms with van der Waals surface area (Å²) in [5.74, 6) is -0.646. The number of carbonyl (C=O) groups excluding carboxylic acids is 2. The molecule has 146 valence electrons. The Hall–Kier alpha value is -2.92. The number of nitrogens with zero attached hydrogens (tertiary/aromatic N) is 3. The lowest BCUT2D eigenvalue weighted by molar-refractivity contribution is -0.120. The lowest BCUT2D eigenvalue weighted by Crippen LogP contribution is -2.28. The van der Waals surface area contributed by atoms with Crippen LogP contribution >= 0.6 is 23.6 Å². The summed E-state index contributed by atoms with van der Waals surface area (Å²) in [5, 5.41) is 14.1. The summed E-state index contributed by atoms with van der Waals surface area (Å²) < 4.78 is 15.9. The molecular weight excluding hydrogens is 403 g/mol. The van der Waals surface area contributed by atoms with Gasteiger partial charge < -0.3 is 9.88 Å². The number of hydrogen-bond acceptors (Lipinski definition) is 6. The normalized spacial score (nSPS) is 10.6. The number of aromatic nitrogens is 4. The molecule has 2 amide bonds. The van der Waals surface area contributed by atoms with E-state index in [-0.39, 0.29) is 17.9 Å². The van der Waals surface area contributed by atoms with E-state index in [0.29, 0.717) is 28.6 Å². The first-order valence-electron chi connectivity index (χ1n) is 8.31. The van der Waals surface area contributed by atoms with Crippen LogP contribution in [0.15, 0.2) is 29.6 Å². The van der Waals surface area contributed by atoms with Gasteiger partial charge in [0, 0.05) is 25.4 Å². The average Bonchev–Trinajstić information content (AvgIpc) is 3.23. The zero-order chi connectivity index (χ0) is 20.1. The summed E-state index contributed by atoms with van der Waals surface area (Å²) in [4.78, 5) is 28.3. The predicted octanol–water partition coefficient (Wildman–Crippen LogP) is 2.23. The Kier molecular flexibility index (Phi) is 6.26. The number of halogens is 1. The Labute approximate surface area is 168 Å². The van der Waals surface area contributed by atoms with Crippen molar-refractivity contribution < 1.29 is 14.0 Å². The summed E-state index contributed by atoms with van der Waals surface area (Å²) in [6.07, 6.45) is 0.613. The van der Waals surface area contributed by atoms with E-state index in [4.69, 9.17) is 12.2 Å². The van der Waals surface area contributed by atoms with Crippen LogP contribution < -0.4 is 10.6 Å². The first kappa shape index (κ1) is 19.8. The van der Waals surface area contributed by atoms with Gasteiger partial charge in [0.2, 0.25) is 5.91 Å². The van der Waals surface area contributed by atoms with Crippen LogP contribution in [0.5, 0.6) is 0 Å². The van der Waals surface area contributed by atoms with Crippen LogP contribution in [0.25, 0.3) is 0 Å². The van der Waals surface area contributed by atoms with Crippen LogP contribution in [-0.2, 0) is 24.7 Å². The molecule has 0 aliphatic heterocycles. The van der Waals surface area contributed by atoms with E-state index in [1.807, 2.05) is 0 Å². The fraction of sp³-hybridized carbons (Fsp3) is 0.235. The second-order valence-corrected chi connectivity index (χ2v) is 7.10. The molecule has 0 unspecified atom stereocenters. The molecule has 0 atom stereocenters. The average molecular weight is 420 g/mol. The number of anilines is 1. The molecule has 0 fully saturated rings. The van der Waals surface area contributed by atoms with E-state index in [1.165, 1.54) is 29.5 Å². The first-order chi connectivity index (χ1) is 13.4. The molecule has 3 N–H and O–H groups in total. The van der Waals surface area contributed by atoms with E-state index < -0.39 is 11.7 Å². The number of hydrogen-bond donors (Lipinski definition) is 3. The molecule has 0 spiro atoms. The molecule has 0 radical (unpaired) electrons. The van der Waals surface area contributed by atoms with Gasteiger partial charge in [-0.15, -0.1) is 11.3 Å². The minimum Gasteiger partial charge on any atom is -0.355 e. The minimum absolute atomic E-state index is 0.0641. The number of nitrogens with one attached hydrogen (secondary N) is 3. The van der Waals surface area contributed by atoms with Gasteiger partial charge in [-0.25, -0.2) is 9.37 Å². The molecule has 3 rings (SSSR count). The Bertz CT molecular complexity index is 1060. The molecule has 28 heavy (non-hydrogen) atoms. The van der Waals surface area contributed by atoms with Gasteiger partial charge in [0.05, 0.1) is 17.7 Å². The number of aromatic amines is 1. The fourth-order valence-electron chi connectivity index (χ4n) is 2.40. The zero-order valence-corrected chi connectivity index (χ0v) is 16.5. The van der Waals surface area contributed by atoms with E-state index >= 15 is 0 Å². The van der Waals surface area contributed by atoms with E-state index in [0.717, 1.165) is 5.82 Å². The number of thiazole rings is 1. The molecule has 11 heteroatoms. The minimum atomic E-state index is -0.607. The molecular formula is C17H17FN6O2S2. The van der Waals surface area contributed by atoms with Crippen molar-refractivity contribution >= 4 is 40.5 Å². The largest absolute Gasteiger partial charge is 0.355 e. The van der Waals surface area contributed by atoms with E-state index in [2.05, 4.69) is 25.8 Å². The number of rotatable bonds is 7. The molecule has 2 aromatic heterocycles. The van der Waals surface area contributed by atoms with Gasteiger partial charge in [-0.3, -0.25) is 20.0 Å². The second kappa shape index (κ2) is 8.85. The van der Waals surface area contributed by atoms with Crippen LogP contribution in [0.2, 0.25) is 0 Å². The summed E-state index contributed by atoms with van der Waals surface area (Å²) >= 11 is 6.20. The molecule has 0 saturated heterocycles. The van der Waals surface area contributed by atoms with Crippen LogP contribution in [0.3, 0.4) is 0 Å². The van der Waals surface area contributed by atoms with E-state index in [9.17, 15) is 14.0 Å². The Morgan fingerprint density at radius 3 is 2.86 bits per heavy atom.